The molecular formula is C14H18N4O2S2. The van der Waals surface area contributed by atoms with Crippen molar-refractivity contribution in [3.05, 3.63) is 23.9 Å². The molecule has 1 N–H and O–H groups in total. The lowest BCUT2D eigenvalue weighted by molar-refractivity contribution is 0.0525. The van der Waals surface area contributed by atoms with Gasteiger partial charge in [0.1, 0.15) is 5.03 Å². The van der Waals surface area contributed by atoms with Crippen molar-refractivity contribution in [2.75, 3.05) is 11.9 Å². The van der Waals surface area contributed by atoms with Gasteiger partial charge in [-0.2, -0.15) is 0 Å². The summed E-state index contributed by atoms with van der Waals surface area (Å²) in [7, 11) is 0. The molecule has 0 saturated heterocycles. The molecule has 8 heteroatoms. The Morgan fingerprint density at radius 1 is 1.36 bits per heavy atom. The van der Waals surface area contributed by atoms with Gasteiger partial charge in [0.15, 0.2) is 4.34 Å². The van der Waals surface area contributed by atoms with Crippen molar-refractivity contribution in [1.29, 1.82) is 0 Å². The molecule has 0 bridgehead atoms. The molecule has 0 unspecified atom stereocenters. The molecule has 0 saturated carbocycles. The van der Waals surface area contributed by atoms with Crippen LogP contribution >= 0.6 is 23.1 Å². The Hall–Kier alpha value is -1.67. The molecule has 2 aromatic rings. The Balaban J connectivity index is 2.00. The number of carbonyl (C=O) groups is 1. The van der Waals surface area contributed by atoms with Crippen LogP contribution in [0.1, 0.15) is 38.1 Å². The van der Waals surface area contributed by atoms with Crippen LogP contribution < -0.4 is 5.32 Å². The highest BCUT2D eigenvalue weighted by Crippen LogP contribution is 2.31. The highest BCUT2D eigenvalue weighted by molar-refractivity contribution is 8.01. The van der Waals surface area contributed by atoms with Crippen LogP contribution in [0.2, 0.25) is 0 Å². The highest BCUT2D eigenvalue weighted by atomic mass is 32.2. The maximum absolute atomic E-state index is 11.6. The minimum atomic E-state index is -0.362. The minimum Gasteiger partial charge on any atom is -0.462 e. The SMILES string of the molecule is CCOC(=O)c1ccc(Sc2nnc(NC(C)(C)C)s2)nc1. The van der Waals surface area contributed by atoms with Gasteiger partial charge in [-0.25, -0.2) is 9.78 Å². The smallest absolute Gasteiger partial charge is 0.339 e. The number of ether oxygens (including phenoxy) is 1. The third-order valence-corrected chi connectivity index (χ3v) is 4.17. The number of nitrogens with zero attached hydrogens (tertiary/aromatic N) is 3. The molecule has 2 heterocycles. The molecule has 0 fully saturated rings. The van der Waals surface area contributed by atoms with Crippen molar-refractivity contribution < 1.29 is 9.53 Å². The van der Waals surface area contributed by atoms with E-state index in [0.29, 0.717) is 12.2 Å². The van der Waals surface area contributed by atoms with Crippen molar-refractivity contribution in [1.82, 2.24) is 15.2 Å². The third-order valence-electron chi connectivity index (χ3n) is 2.33. The van der Waals surface area contributed by atoms with Gasteiger partial charge >= 0.3 is 5.97 Å². The number of carbonyl (C=O) groups excluding carboxylic acids is 1. The van der Waals surface area contributed by atoms with E-state index in [4.69, 9.17) is 4.74 Å². The Labute approximate surface area is 137 Å². The molecule has 118 valence electrons. The topological polar surface area (TPSA) is 77.0 Å². The van der Waals surface area contributed by atoms with Gasteiger partial charge in [0.25, 0.3) is 0 Å². The Morgan fingerprint density at radius 2 is 2.14 bits per heavy atom. The largest absolute Gasteiger partial charge is 0.462 e. The molecule has 2 rings (SSSR count). The van der Waals surface area contributed by atoms with E-state index >= 15 is 0 Å². The van der Waals surface area contributed by atoms with Crippen molar-refractivity contribution in [2.24, 2.45) is 0 Å². The predicted molar refractivity (Wildman–Crippen MR) is 87.6 cm³/mol. The number of hydrogen-bond acceptors (Lipinski definition) is 8. The second-order valence-corrected chi connectivity index (χ2v) is 7.70. The van der Waals surface area contributed by atoms with Gasteiger partial charge in [0.05, 0.1) is 12.2 Å². The van der Waals surface area contributed by atoms with Crippen LogP contribution in [0.5, 0.6) is 0 Å². The molecule has 0 aromatic carbocycles. The summed E-state index contributed by atoms with van der Waals surface area (Å²) in [6.07, 6.45) is 1.51. The molecule has 0 aliphatic heterocycles. The van der Waals surface area contributed by atoms with Crippen LogP contribution in [0.3, 0.4) is 0 Å². The van der Waals surface area contributed by atoms with Crippen LogP contribution in [0.25, 0.3) is 0 Å². The zero-order valence-corrected chi connectivity index (χ0v) is 14.5. The predicted octanol–water partition coefficient (Wildman–Crippen LogP) is 3.47. The van der Waals surface area contributed by atoms with Gasteiger partial charge in [0.2, 0.25) is 5.13 Å². The lowest BCUT2D eigenvalue weighted by Crippen LogP contribution is -2.25. The van der Waals surface area contributed by atoms with Crippen molar-refractivity contribution >= 4 is 34.2 Å². The lowest BCUT2D eigenvalue weighted by Gasteiger charge is -2.18. The first-order chi connectivity index (χ1) is 10.4. The summed E-state index contributed by atoms with van der Waals surface area (Å²) < 4.78 is 5.72. The minimum absolute atomic E-state index is 0.0546. The molecule has 22 heavy (non-hydrogen) atoms. The zero-order chi connectivity index (χ0) is 16.2. The Kier molecular flexibility index (Phi) is 5.36. The number of anilines is 1. The molecule has 0 radical (unpaired) electrons. The van der Waals surface area contributed by atoms with E-state index in [-0.39, 0.29) is 11.5 Å². The van der Waals surface area contributed by atoms with E-state index in [1.54, 1.807) is 19.1 Å². The van der Waals surface area contributed by atoms with Gasteiger partial charge in [-0.1, -0.05) is 11.3 Å². The van der Waals surface area contributed by atoms with Crippen LogP contribution in [0.4, 0.5) is 5.13 Å². The summed E-state index contributed by atoms with van der Waals surface area (Å²) in [4.78, 5) is 15.8. The van der Waals surface area contributed by atoms with E-state index in [2.05, 4.69) is 41.3 Å². The van der Waals surface area contributed by atoms with Gasteiger partial charge in [-0.15, -0.1) is 10.2 Å². The maximum atomic E-state index is 11.6. The van der Waals surface area contributed by atoms with E-state index < -0.39 is 0 Å². The van der Waals surface area contributed by atoms with E-state index in [1.807, 2.05) is 0 Å². The van der Waals surface area contributed by atoms with Gasteiger partial charge in [-0.05, 0) is 51.6 Å². The highest BCUT2D eigenvalue weighted by Gasteiger charge is 2.14. The number of pyridine rings is 1. The van der Waals surface area contributed by atoms with E-state index in [0.717, 1.165) is 14.5 Å². The second kappa shape index (κ2) is 7.06. The molecule has 0 spiro atoms. The average Bonchev–Trinajstić information content (AvgIpc) is 2.84. The molecule has 0 atom stereocenters. The fraction of sp³-hybridized carbons (Fsp3) is 0.429. The molecule has 2 aromatic heterocycles. The van der Waals surface area contributed by atoms with Crippen LogP contribution in [-0.4, -0.2) is 33.3 Å². The quantitative estimate of drug-likeness (QED) is 0.836. The van der Waals surface area contributed by atoms with Crippen molar-refractivity contribution in [2.45, 2.75) is 42.6 Å². The summed E-state index contributed by atoms with van der Waals surface area (Å²) in [6, 6.07) is 3.47. The number of aromatic nitrogens is 3. The first-order valence-electron chi connectivity index (χ1n) is 6.80. The van der Waals surface area contributed by atoms with E-state index in [9.17, 15) is 4.79 Å². The lowest BCUT2D eigenvalue weighted by atomic mass is 10.1. The number of esters is 1. The van der Waals surface area contributed by atoms with Crippen molar-refractivity contribution in [3.63, 3.8) is 0 Å². The Morgan fingerprint density at radius 3 is 2.73 bits per heavy atom. The van der Waals surface area contributed by atoms with Crippen molar-refractivity contribution in [3.8, 4) is 0 Å². The van der Waals surface area contributed by atoms with E-state index in [1.165, 1.54) is 29.3 Å². The first-order valence-corrected chi connectivity index (χ1v) is 8.43. The standard InChI is InChI=1S/C14H18N4O2S2/c1-5-20-11(19)9-6-7-10(15-8-9)21-13-18-17-12(22-13)16-14(2,3)4/h6-8H,5H2,1-4H3,(H,16,17). The fourth-order valence-electron chi connectivity index (χ4n) is 1.49. The molecule has 0 aliphatic carbocycles. The fourth-order valence-corrected chi connectivity index (χ4v) is 3.34. The number of nitrogens with one attached hydrogen (secondary N) is 1. The van der Waals surface area contributed by atoms with Gasteiger partial charge in [0, 0.05) is 11.7 Å². The summed E-state index contributed by atoms with van der Waals surface area (Å²) in [6.45, 7) is 8.32. The van der Waals surface area contributed by atoms with Crippen LogP contribution in [0, 0.1) is 0 Å². The molecule has 0 aliphatic rings. The number of rotatable bonds is 5. The maximum Gasteiger partial charge on any atom is 0.339 e. The summed E-state index contributed by atoms with van der Waals surface area (Å²) >= 11 is 2.88. The molecule has 0 amide bonds. The second-order valence-electron chi connectivity index (χ2n) is 5.46. The summed E-state index contributed by atoms with van der Waals surface area (Å²) in [5, 5.41) is 13.0. The first kappa shape index (κ1) is 16.7. The number of hydrogen-bond donors (Lipinski definition) is 1. The average molecular weight is 338 g/mol. The summed E-state index contributed by atoms with van der Waals surface area (Å²) in [5.74, 6) is -0.362. The summed E-state index contributed by atoms with van der Waals surface area (Å²) in [5.41, 5.74) is 0.389. The third kappa shape index (κ3) is 4.96. The van der Waals surface area contributed by atoms with Gasteiger partial charge < -0.3 is 10.1 Å². The van der Waals surface area contributed by atoms with Gasteiger partial charge in [-0.3, -0.25) is 0 Å². The van der Waals surface area contributed by atoms with Crippen LogP contribution in [0.15, 0.2) is 27.7 Å². The molecule has 6 nitrogen and oxygen atoms in total. The monoisotopic (exact) mass is 338 g/mol. The van der Waals surface area contributed by atoms with Crippen LogP contribution in [-0.2, 0) is 4.74 Å². The Bertz CT molecular complexity index is 635. The molecular weight excluding hydrogens is 320 g/mol. The zero-order valence-electron chi connectivity index (χ0n) is 12.9. The normalized spacial score (nSPS) is 11.3.